The molecule has 0 amide bonds. The SMILES string of the molecule is FC(F)CNC1c2ccccc2CC1Cl. The highest BCUT2D eigenvalue weighted by atomic mass is 35.5. The first-order valence-corrected chi connectivity index (χ1v) is 5.35. The van der Waals surface area contributed by atoms with Crippen LogP contribution in [0.2, 0.25) is 0 Å². The van der Waals surface area contributed by atoms with Crippen LogP contribution in [0.15, 0.2) is 24.3 Å². The van der Waals surface area contributed by atoms with Gasteiger partial charge in [0.25, 0.3) is 6.43 Å². The molecule has 1 aliphatic rings. The number of alkyl halides is 3. The molecule has 0 saturated carbocycles. The molecule has 1 aliphatic carbocycles. The Morgan fingerprint density at radius 1 is 1.40 bits per heavy atom. The molecule has 1 N–H and O–H groups in total. The van der Waals surface area contributed by atoms with Crippen molar-refractivity contribution in [3.8, 4) is 0 Å². The van der Waals surface area contributed by atoms with E-state index in [9.17, 15) is 8.78 Å². The Hall–Kier alpha value is -0.670. The van der Waals surface area contributed by atoms with E-state index in [0.29, 0.717) is 0 Å². The summed E-state index contributed by atoms with van der Waals surface area (Å²) in [5.41, 5.74) is 2.21. The van der Waals surface area contributed by atoms with Crippen LogP contribution in [-0.2, 0) is 6.42 Å². The molecule has 0 spiro atoms. The van der Waals surface area contributed by atoms with Crippen molar-refractivity contribution in [3.63, 3.8) is 0 Å². The van der Waals surface area contributed by atoms with Gasteiger partial charge >= 0.3 is 0 Å². The monoisotopic (exact) mass is 231 g/mol. The first kappa shape index (κ1) is 10.8. The van der Waals surface area contributed by atoms with Gasteiger partial charge in [-0.2, -0.15) is 0 Å². The van der Waals surface area contributed by atoms with E-state index >= 15 is 0 Å². The predicted octanol–water partition coefficient (Wildman–Crippen LogP) is 2.75. The van der Waals surface area contributed by atoms with Crippen LogP contribution < -0.4 is 5.32 Å². The summed E-state index contributed by atoms with van der Waals surface area (Å²) in [6.07, 6.45) is -1.58. The third-order valence-corrected chi connectivity index (χ3v) is 3.07. The van der Waals surface area contributed by atoms with Crippen molar-refractivity contribution in [3.05, 3.63) is 35.4 Å². The van der Waals surface area contributed by atoms with E-state index in [0.717, 1.165) is 17.5 Å². The van der Waals surface area contributed by atoms with Crippen LogP contribution in [-0.4, -0.2) is 18.3 Å². The molecule has 4 heteroatoms. The summed E-state index contributed by atoms with van der Waals surface area (Å²) in [7, 11) is 0. The molecule has 0 saturated heterocycles. The summed E-state index contributed by atoms with van der Waals surface area (Å²) in [5.74, 6) is 0. The van der Waals surface area contributed by atoms with Gasteiger partial charge in [-0.3, -0.25) is 0 Å². The van der Waals surface area contributed by atoms with Crippen molar-refractivity contribution in [2.75, 3.05) is 6.54 Å². The smallest absolute Gasteiger partial charge is 0.250 e. The molecular formula is C11H12ClF2N. The number of hydrogen-bond acceptors (Lipinski definition) is 1. The number of hydrogen-bond donors (Lipinski definition) is 1. The Bertz CT molecular complexity index is 343. The van der Waals surface area contributed by atoms with Crippen LogP contribution in [0, 0.1) is 0 Å². The first-order valence-electron chi connectivity index (χ1n) is 4.92. The fraction of sp³-hybridized carbons (Fsp3) is 0.455. The van der Waals surface area contributed by atoms with Crippen molar-refractivity contribution in [2.45, 2.75) is 24.3 Å². The Balaban J connectivity index is 2.11. The lowest BCUT2D eigenvalue weighted by Gasteiger charge is -2.16. The van der Waals surface area contributed by atoms with Gasteiger partial charge in [-0.1, -0.05) is 24.3 Å². The first-order chi connectivity index (χ1) is 7.18. The van der Waals surface area contributed by atoms with Gasteiger partial charge in [0, 0.05) is 6.04 Å². The summed E-state index contributed by atoms with van der Waals surface area (Å²) >= 11 is 6.12. The van der Waals surface area contributed by atoms with Gasteiger partial charge in [0.05, 0.1) is 11.9 Å². The van der Waals surface area contributed by atoms with Crippen LogP contribution in [0.5, 0.6) is 0 Å². The lowest BCUT2D eigenvalue weighted by molar-refractivity contribution is 0.141. The molecule has 1 aromatic rings. The highest BCUT2D eigenvalue weighted by Gasteiger charge is 2.30. The molecule has 0 radical (unpaired) electrons. The fourth-order valence-corrected chi connectivity index (χ4v) is 2.39. The van der Waals surface area contributed by atoms with Crippen LogP contribution in [0.3, 0.4) is 0 Å². The molecular weight excluding hydrogens is 220 g/mol. The van der Waals surface area contributed by atoms with E-state index in [1.54, 1.807) is 0 Å². The quantitative estimate of drug-likeness (QED) is 0.789. The highest BCUT2D eigenvalue weighted by Crippen LogP contribution is 2.34. The summed E-state index contributed by atoms with van der Waals surface area (Å²) in [5, 5.41) is 2.68. The number of nitrogens with one attached hydrogen (secondary N) is 1. The van der Waals surface area contributed by atoms with E-state index in [-0.39, 0.29) is 18.0 Å². The average Bonchev–Trinajstić information content (AvgIpc) is 2.50. The number of benzene rings is 1. The van der Waals surface area contributed by atoms with Crippen LogP contribution in [0.1, 0.15) is 17.2 Å². The topological polar surface area (TPSA) is 12.0 Å². The highest BCUT2D eigenvalue weighted by molar-refractivity contribution is 6.21. The van der Waals surface area contributed by atoms with Gasteiger partial charge in [-0.15, -0.1) is 11.6 Å². The molecule has 1 nitrogen and oxygen atoms in total. The minimum absolute atomic E-state index is 0.124. The molecule has 2 unspecified atom stereocenters. The normalized spacial score (nSPS) is 24.5. The van der Waals surface area contributed by atoms with Crippen LogP contribution in [0.25, 0.3) is 0 Å². The molecule has 82 valence electrons. The van der Waals surface area contributed by atoms with Gasteiger partial charge < -0.3 is 5.32 Å². The molecule has 0 aromatic heterocycles. The molecule has 2 atom stereocenters. The minimum atomic E-state index is -2.33. The van der Waals surface area contributed by atoms with Crippen molar-refractivity contribution < 1.29 is 8.78 Å². The lowest BCUT2D eigenvalue weighted by atomic mass is 10.1. The molecule has 0 fully saturated rings. The summed E-state index contributed by atoms with van der Waals surface area (Å²) < 4.78 is 24.2. The van der Waals surface area contributed by atoms with Gasteiger partial charge in [0.1, 0.15) is 0 Å². The summed E-state index contributed by atoms with van der Waals surface area (Å²) in [4.78, 5) is 0. The summed E-state index contributed by atoms with van der Waals surface area (Å²) in [6.45, 7) is -0.303. The minimum Gasteiger partial charge on any atom is -0.303 e. The largest absolute Gasteiger partial charge is 0.303 e. The van der Waals surface area contributed by atoms with Crippen molar-refractivity contribution in [1.29, 1.82) is 0 Å². The number of rotatable bonds is 3. The fourth-order valence-electron chi connectivity index (χ4n) is 2.00. The van der Waals surface area contributed by atoms with Crippen LogP contribution >= 0.6 is 11.6 Å². The Labute approximate surface area is 92.4 Å². The average molecular weight is 232 g/mol. The zero-order chi connectivity index (χ0) is 10.8. The van der Waals surface area contributed by atoms with Gasteiger partial charge in [0.2, 0.25) is 0 Å². The Morgan fingerprint density at radius 3 is 2.87 bits per heavy atom. The second-order valence-electron chi connectivity index (χ2n) is 3.70. The predicted molar refractivity (Wildman–Crippen MR) is 56.5 cm³/mol. The van der Waals surface area contributed by atoms with E-state index < -0.39 is 6.43 Å². The molecule has 0 aliphatic heterocycles. The van der Waals surface area contributed by atoms with Crippen molar-refractivity contribution in [1.82, 2.24) is 5.32 Å². The van der Waals surface area contributed by atoms with E-state index in [4.69, 9.17) is 11.6 Å². The Morgan fingerprint density at radius 2 is 2.13 bits per heavy atom. The van der Waals surface area contributed by atoms with Gasteiger partial charge in [-0.25, -0.2) is 8.78 Å². The van der Waals surface area contributed by atoms with Gasteiger partial charge in [0.15, 0.2) is 0 Å². The molecule has 2 rings (SSSR count). The standard InChI is InChI=1S/C11H12ClF2N/c12-9-5-7-3-1-2-4-8(7)11(9)15-6-10(13)14/h1-4,9-11,15H,5-6H2. The second-order valence-corrected chi connectivity index (χ2v) is 4.26. The molecule has 0 heterocycles. The molecule has 0 bridgehead atoms. The van der Waals surface area contributed by atoms with E-state index in [1.165, 1.54) is 0 Å². The van der Waals surface area contributed by atoms with Crippen molar-refractivity contribution in [2.24, 2.45) is 0 Å². The third-order valence-electron chi connectivity index (χ3n) is 2.66. The zero-order valence-corrected chi connectivity index (χ0v) is 8.85. The van der Waals surface area contributed by atoms with Crippen LogP contribution in [0.4, 0.5) is 8.78 Å². The molecule has 15 heavy (non-hydrogen) atoms. The number of fused-ring (bicyclic) bond motifs is 1. The lowest BCUT2D eigenvalue weighted by Crippen LogP contribution is -2.30. The Kier molecular flexibility index (Phi) is 3.22. The summed E-state index contributed by atoms with van der Waals surface area (Å²) in [6, 6.07) is 7.65. The second kappa shape index (κ2) is 4.45. The van der Waals surface area contributed by atoms with E-state index in [1.807, 2.05) is 24.3 Å². The zero-order valence-electron chi connectivity index (χ0n) is 8.09. The van der Waals surface area contributed by atoms with E-state index in [2.05, 4.69) is 5.32 Å². The maximum absolute atomic E-state index is 12.1. The van der Waals surface area contributed by atoms with Crippen molar-refractivity contribution >= 4 is 11.6 Å². The maximum atomic E-state index is 12.1. The van der Waals surface area contributed by atoms with Gasteiger partial charge in [-0.05, 0) is 17.5 Å². The maximum Gasteiger partial charge on any atom is 0.250 e. The molecule has 1 aromatic carbocycles. The third kappa shape index (κ3) is 2.29. The number of halogens is 3.